The van der Waals surface area contributed by atoms with Crippen LogP contribution in [-0.4, -0.2) is 5.60 Å². The lowest BCUT2D eigenvalue weighted by atomic mass is 9.80. The summed E-state index contributed by atoms with van der Waals surface area (Å²) in [5.41, 5.74) is 2.98. The first kappa shape index (κ1) is 7.57. The Hall–Kier alpha value is -0.820. The van der Waals surface area contributed by atoms with Crippen LogP contribution in [0.25, 0.3) is 0 Å². The van der Waals surface area contributed by atoms with Gasteiger partial charge in [0, 0.05) is 0 Å². The molecule has 1 aliphatic heterocycles. The van der Waals surface area contributed by atoms with Crippen LogP contribution in [0.3, 0.4) is 0 Å². The Morgan fingerprint density at radius 1 is 1.23 bits per heavy atom. The van der Waals surface area contributed by atoms with E-state index >= 15 is 0 Å². The van der Waals surface area contributed by atoms with E-state index < -0.39 is 0 Å². The van der Waals surface area contributed by atoms with Crippen LogP contribution in [0, 0.1) is 6.92 Å². The highest BCUT2D eigenvalue weighted by molar-refractivity contribution is 5.30. The summed E-state index contributed by atoms with van der Waals surface area (Å²) in [5.74, 6) is 0. The van der Waals surface area contributed by atoms with Crippen molar-refractivity contribution in [2.75, 3.05) is 0 Å². The van der Waals surface area contributed by atoms with Crippen molar-refractivity contribution < 1.29 is 4.74 Å². The van der Waals surface area contributed by atoms with E-state index in [9.17, 15) is 0 Å². The molecule has 0 amide bonds. The zero-order chi connectivity index (χ0) is 8.89. The Morgan fingerprint density at radius 3 is 2.38 bits per heavy atom. The first-order valence-corrected chi connectivity index (χ1v) is 5.05. The molecular formula is C12H14O. The van der Waals surface area contributed by atoms with Crippen molar-refractivity contribution in [3.63, 3.8) is 0 Å². The molecule has 0 aromatic heterocycles. The van der Waals surface area contributed by atoms with Gasteiger partial charge in [0.15, 0.2) is 0 Å². The molecule has 0 unspecified atom stereocenters. The van der Waals surface area contributed by atoms with Gasteiger partial charge in [-0.1, -0.05) is 29.8 Å². The second kappa shape index (κ2) is 2.36. The molecule has 3 rings (SSSR count). The molecule has 2 aliphatic rings. The molecule has 0 N–H and O–H groups in total. The fraction of sp³-hybridized carbons (Fsp3) is 0.500. The van der Waals surface area contributed by atoms with Gasteiger partial charge in [-0.05, 0) is 31.7 Å². The van der Waals surface area contributed by atoms with Crippen molar-refractivity contribution in [2.45, 2.75) is 37.9 Å². The summed E-state index contributed by atoms with van der Waals surface area (Å²) in [7, 11) is 0. The minimum atomic E-state index is 0.287. The predicted octanol–water partition coefficient (Wildman–Crippen LogP) is 2.99. The summed E-state index contributed by atoms with van der Waals surface area (Å²) in [6.45, 7) is 2.12. The maximum Gasteiger partial charge on any atom is 0.112 e. The van der Waals surface area contributed by atoms with E-state index in [0.717, 1.165) is 0 Å². The molecule has 1 aromatic carbocycles. The summed E-state index contributed by atoms with van der Waals surface area (Å²) in [6.07, 6.45) is 4.31. The van der Waals surface area contributed by atoms with E-state index in [1.54, 1.807) is 0 Å². The normalized spacial score (nSPS) is 28.5. The third-order valence-corrected chi connectivity index (χ3v) is 3.35. The van der Waals surface area contributed by atoms with E-state index in [1.807, 2.05) is 0 Å². The monoisotopic (exact) mass is 174 g/mol. The van der Waals surface area contributed by atoms with E-state index in [1.165, 1.54) is 30.4 Å². The van der Waals surface area contributed by atoms with E-state index in [2.05, 4.69) is 31.2 Å². The maximum absolute atomic E-state index is 5.77. The van der Waals surface area contributed by atoms with Crippen LogP contribution in [-0.2, 0) is 4.74 Å². The van der Waals surface area contributed by atoms with Gasteiger partial charge in [0.05, 0.1) is 5.60 Å². The van der Waals surface area contributed by atoms with Gasteiger partial charge >= 0.3 is 0 Å². The molecule has 1 saturated heterocycles. The second-order valence-corrected chi connectivity index (χ2v) is 4.33. The molecule has 1 atom stereocenters. The molecule has 1 heteroatoms. The molecule has 1 heterocycles. The minimum Gasteiger partial charge on any atom is -0.361 e. The van der Waals surface area contributed by atoms with E-state index in [4.69, 9.17) is 4.74 Å². The number of epoxide rings is 1. The number of rotatable bonds is 1. The third-order valence-electron chi connectivity index (χ3n) is 3.35. The van der Waals surface area contributed by atoms with E-state index in [0.29, 0.717) is 6.10 Å². The van der Waals surface area contributed by atoms with Crippen molar-refractivity contribution in [2.24, 2.45) is 0 Å². The Labute approximate surface area is 78.7 Å². The van der Waals surface area contributed by atoms with Gasteiger partial charge in [-0.15, -0.1) is 0 Å². The van der Waals surface area contributed by atoms with Crippen molar-refractivity contribution in [1.82, 2.24) is 0 Å². The zero-order valence-electron chi connectivity index (χ0n) is 7.92. The van der Waals surface area contributed by atoms with Crippen molar-refractivity contribution in [3.05, 3.63) is 35.4 Å². The van der Waals surface area contributed by atoms with Gasteiger partial charge in [0.1, 0.15) is 6.10 Å². The number of hydrogen-bond donors (Lipinski definition) is 0. The van der Waals surface area contributed by atoms with Gasteiger partial charge < -0.3 is 4.74 Å². The number of benzene rings is 1. The SMILES string of the molecule is Cc1ccc([C@H]2OC23CCC3)cc1. The molecule has 13 heavy (non-hydrogen) atoms. The Kier molecular flexibility index (Phi) is 1.37. The average molecular weight is 174 g/mol. The highest BCUT2D eigenvalue weighted by Crippen LogP contribution is 2.61. The number of ether oxygens (including phenoxy) is 1. The van der Waals surface area contributed by atoms with Crippen LogP contribution < -0.4 is 0 Å². The van der Waals surface area contributed by atoms with Crippen LogP contribution in [0.15, 0.2) is 24.3 Å². The molecule has 1 saturated carbocycles. The highest BCUT2D eigenvalue weighted by Gasteiger charge is 2.60. The Morgan fingerprint density at radius 2 is 1.92 bits per heavy atom. The Bertz CT molecular complexity index is 321. The zero-order valence-corrected chi connectivity index (χ0v) is 7.92. The number of hydrogen-bond acceptors (Lipinski definition) is 1. The molecule has 1 nitrogen and oxygen atoms in total. The fourth-order valence-corrected chi connectivity index (χ4v) is 2.22. The standard InChI is InChI=1S/C12H14O/c1-9-3-5-10(6-4-9)11-12(13-11)7-2-8-12/h3-6,11H,2,7-8H2,1H3/t11-/m1/s1. The molecule has 0 bridgehead atoms. The lowest BCUT2D eigenvalue weighted by molar-refractivity contribution is 0.198. The third kappa shape index (κ3) is 1.03. The van der Waals surface area contributed by atoms with Crippen LogP contribution in [0.5, 0.6) is 0 Å². The van der Waals surface area contributed by atoms with Crippen LogP contribution in [0.1, 0.15) is 36.5 Å². The fourth-order valence-electron chi connectivity index (χ4n) is 2.22. The van der Waals surface area contributed by atoms with Gasteiger partial charge in [0.2, 0.25) is 0 Å². The smallest absolute Gasteiger partial charge is 0.112 e. The van der Waals surface area contributed by atoms with Crippen LogP contribution >= 0.6 is 0 Å². The summed E-state index contributed by atoms with van der Waals surface area (Å²) in [4.78, 5) is 0. The van der Waals surface area contributed by atoms with Gasteiger partial charge in [0.25, 0.3) is 0 Å². The van der Waals surface area contributed by atoms with Crippen molar-refractivity contribution in [1.29, 1.82) is 0 Å². The van der Waals surface area contributed by atoms with Crippen molar-refractivity contribution >= 4 is 0 Å². The minimum absolute atomic E-state index is 0.287. The second-order valence-electron chi connectivity index (χ2n) is 4.33. The first-order valence-electron chi connectivity index (χ1n) is 5.05. The maximum atomic E-state index is 5.77. The predicted molar refractivity (Wildman–Crippen MR) is 51.6 cm³/mol. The van der Waals surface area contributed by atoms with Crippen molar-refractivity contribution in [3.8, 4) is 0 Å². The summed E-state index contributed by atoms with van der Waals surface area (Å²) >= 11 is 0. The van der Waals surface area contributed by atoms with Gasteiger partial charge in [-0.3, -0.25) is 0 Å². The Balaban J connectivity index is 1.83. The summed E-state index contributed by atoms with van der Waals surface area (Å²) in [5, 5.41) is 0. The highest BCUT2D eigenvalue weighted by atomic mass is 16.6. The first-order chi connectivity index (χ1) is 6.30. The van der Waals surface area contributed by atoms with Gasteiger partial charge in [-0.25, -0.2) is 0 Å². The largest absolute Gasteiger partial charge is 0.361 e. The quantitative estimate of drug-likeness (QED) is 0.596. The lowest BCUT2D eigenvalue weighted by Crippen LogP contribution is -2.22. The number of aryl methyl sites for hydroxylation is 1. The molecular weight excluding hydrogens is 160 g/mol. The topological polar surface area (TPSA) is 12.5 Å². The molecule has 1 spiro atoms. The van der Waals surface area contributed by atoms with Gasteiger partial charge in [-0.2, -0.15) is 0 Å². The molecule has 0 radical (unpaired) electrons. The van der Waals surface area contributed by atoms with Crippen LogP contribution in [0.4, 0.5) is 0 Å². The summed E-state index contributed by atoms with van der Waals surface area (Å²) in [6, 6.07) is 8.74. The molecule has 2 fully saturated rings. The average Bonchev–Trinajstić information content (AvgIpc) is 2.80. The molecule has 1 aliphatic carbocycles. The lowest BCUT2D eigenvalue weighted by Gasteiger charge is -2.21. The summed E-state index contributed by atoms with van der Waals surface area (Å²) < 4.78 is 5.77. The van der Waals surface area contributed by atoms with Crippen LogP contribution in [0.2, 0.25) is 0 Å². The van der Waals surface area contributed by atoms with E-state index in [-0.39, 0.29) is 5.60 Å². The molecule has 68 valence electrons. The molecule has 1 aromatic rings.